The highest BCUT2D eigenvalue weighted by atomic mass is 35.5. The zero-order valence-electron chi connectivity index (χ0n) is 5.95. The van der Waals surface area contributed by atoms with Crippen LogP contribution in [0.15, 0.2) is 0 Å². The van der Waals surface area contributed by atoms with Gasteiger partial charge in [-0.1, -0.05) is 29.6 Å². The Balaban J connectivity index is 3.04. The van der Waals surface area contributed by atoms with Crippen molar-refractivity contribution in [2.75, 3.05) is 6.54 Å². The standard InChI is InChI=1S/C6H14Cl2N2/c7-6(8,10)4-2-1-3-5-9/h1-5,9-10H2. The summed E-state index contributed by atoms with van der Waals surface area (Å²) in [5, 5.41) is 0. The molecule has 0 amide bonds. The van der Waals surface area contributed by atoms with Crippen LogP contribution in [-0.4, -0.2) is 11.0 Å². The van der Waals surface area contributed by atoms with Gasteiger partial charge in [0.05, 0.1) is 0 Å². The molecule has 0 aliphatic rings. The van der Waals surface area contributed by atoms with Gasteiger partial charge in [-0.25, -0.2) is 0 Å². The van der Waals surface area contributed by atoms with Crippen molar-refractivity contribution in [2.24, 2.45) is 11.5 Å². The number of alkyl halides is 2. The second-order valence-corrected chi connectivity index (χ2v) is 3.90. The van der Waals surface area contributed by atoms with Crippen LogP contribution in [0.1, 0.15) is 25.7 Å². The molecule has 0 aliphatic heterocycles. The maximum absolute atomic E-state index is 5.52. The van der Waals surface area contributed by atoms with Crippen molar-refractivity contribution in [1.82, 2.24) is 0 Å². The third-order valence-corrected chi connectivity index (χ3v) is 1.59. The zero-order chi connectivity index (χ0) is 8.04. The smallest absolute Gasteiger partial charge is 0.166 e. The molecule has 10 heavy (non-hydrogen) atoms. The molecular weight excluding hydrogens is 171 g/mol. The SMILES string of the molecule is NCCCCCC(N)(Cl)Cl. The normalized spacial score (nSPS) is 12.0. The molecule has 0 saturated carbocycles. The van der Waals surface area contributed by atoms with Gasteiger partial charge in [0.25, 0.3) is 0 Å². The molecular formula is C6H14Cl2N2. The largest absolute Gasteiger partial charge is 0.330 e. The Morgan fingerprint density at radius 2 is 1.70 bits per heavy atom. The van der Waals surface area contributed by atoms with Crippen molar-refractivity contribution in [3.8, 4) is 0 Å². The average Bonchev–Trinajstić information content (AvgIpc) is 1.78. The number of hydrogen-bond acceptors (Lipinski definition) is 2. The summed E-state index contributed by atoms with van der Waals surface area (Å²) in [7, 11) is 0. The maximum Gasteiger partial charge on any atom is 0.166 e. The minimum Gasteiger partial charge on any atom is -0.330 e. The van der Waals surface area contributed by atoms with Crippen LogP contribution in [0.3, 0.4) is 0 Å². The van der Waals surface area contributed by atoms with Gasteiger partial charge in [-0.2, -0.15) is 0 Å². The second kappa shape index (κ2) is 5.19. The Bertz CT molecular complexity index is 80.3. The fraction of sp³-hybridized carbons (Fsp3) is 1.00. The van der Waals surface area contributed by atoms with Crippen molar-refractivity contribution in [3.63, 3.8) is 0 Å². The van der Waals surface area contributed by atoms with Gasteiger partial charge in [-0.15, -0.1) is 0 Å². The van der Waals surface area contributed by atoms with Crippen molar-refractivity contribution in [1.29, 1.82) is 0 Å². The first kappa shape index (κ1) is 10.5. The Hall–Kier alpha value is 0.500. The molecule has 0 fully saturated rings. The molecule has 0 heterocycles. The van der Waals surface area contributed by atoms with E-state index in [0.29, 0.717) is 6.42 Å². The highest BCUT2D eigenvalue weighted by Crippen LogP contribution is 2.20. The summed E-state index contributed by atoms with van der Waals surface area (Å²) in [5.41, 5.74) is 10.6. The Morgan fingerprint density at radius 1 is 1.10 bits per heavy atom. The lowest BCUT2D eigenvalue weighted by molar-refractivity contribution is 0.608. The van der Waals surface area contributed by atoms with Crippen LogP contribution in [0.2, 0.25) is 0 Å². The van der Waals surface area contributed by atoms with E-state index in [0.717, 1.165) is 25.8 Å². The Kier molecular flexibility index (Phi) is 5.45. The number of hydrogen-bond donors (Lipinski definition) is 2. The molecule has 2 nitrogen and oxygen atoms in total. The lowest BCUT2D eigenvalue weighted by atomic mass is 10.2. The summed E-state index contributed by atoms with van der Waals surface area (Å²) >= 11 is 11.0. The predicted octanol–water partition coefficient (Wildman–Crippen LogP) is 1.60. The quantitative estimate of drug-likeness (QED) is 0.388. The van der Waals surface area contributed by atoms with Crippen molar-refractivity contribution >= 4 is 23.2 Å². The number of halogens is 2. The number of unbranched alkanes of at least 4 members (excludes halogenated alkanes) is 2. The van der Waals surface area contributed by atoms with Gasteiger partial charge in [-0.3, -0.25) is 0 Å². The summed E-state index contributed by atoms with van der Waals surface area (Å²) in [6.07, 6.45) is 3.65. The second-order valence-electron chi connectivity index (χ2n) is 2.36. The Labute approximate surface area is 71.9 Å². The van der Waals surface area contributed by atoms with Gasteiger partial charge in [0.15, 0.2) is 4.46 Å². The molecule has 0 aliphatic carbocycles. The van der Waals surface area contributed by atoms with Crippen molar-refractivity contribution in [2.45, 2.75) is 30.1 Å². The molecule has 0 rings (SSSR count). The minimum atomic E-state index is -1.05. The highest BCUT2D eigenvalue weighted by molar-refractivity contribution is 6.47. The lowest BCUT2D eigenvalue weighted by Gasteiger charge is -2.11. The minimum absolute atomic E-state index is 0.635. The molecule has 4 N–H and O–H groups in total. The molecule has 0 atom stereocenters. The summed E-state index contributed by atoms with van der Waals surface area (Å²) < 4.78 is -1.05. The van der Waals surface area contributed by atoms with E-state index >= 15 is 0 Å². The first-order chi connectivity index (χ1) is 4.56. The van der Waals surface area contributed by atoms with Crippen LogP contribution in [0.5, 0.6) is 0 Å². The molecule has 62 valence electrons. The van der Waals surface area contributed by atoms with Gasteiger partial charge >= 0.3 is 0 Å². The molecule has 0 spiro atoms. The predicted molar refractivity (Wildman–Crippen MR) is 46.1 cm³/mol. The molecule has 0 aromatic rings. The van der Waals surface area contributed by atoms with Gasteiger partial charge < -0.3 is 11.5 Å². The summed E-state index contributed by atoms with van der Waals surface area (Å²) in [4.78, 5) is 0. The van der Waals surface area contributed by atoms with E-state index in [-0.39, 0.29) is 0 Å². The van der Waals surface area contributed by atoms with Crippen molar-refractivity contribution in [3.05, 3.63) is 0 Å². The zero-order valence-corrected chi connectivity index (χ0v) is 7.46. The van der Waals surface area contributed by atoms with Gasteiger partial charge in [0.2, 0.25) is 0 Å². The van der Waals surface area contributed by atoms with E-state index in [2.05, 4.69) is 0 Å². The van der Waals surface area contributed by atoms with E-state index < -0.39 is 4.46 Å². The average molecular weight is 185 g/mol. The topological polar surface area (TPSA) is 52.0 Å². The van der Waals surface area contributed by atoms with Crippen molar-refractivity contribution < 1.29 is 0 Å². The lowest BCUT2D eigenvalue weighted by Crippen LogP contribution is -2.24. The molecule has 4 heteroatoms. The third-order valence-electron chi connectivity index (χ3n) is 1.21. The molecule has 0 bridgehead atoms. The first-order valence-electron chi connectivity index (χ1n) is 3.43. The van der Waals surface area contributed by atoms with E-state index in [1.165, 1.54) is 0 Å². The molecule has 0 radical (unpaired) electrons. The van der Waals surface area contributed by atoms with Gasteiger partial charge in [-0.05, 0) is 25.8 Å². The maximum atomic E-state index is 5.52. The van der Waals surface area contributed by atoms with Gasteiger partial charge in [0.1, 0.15) is 0 Å². The first-order valence-corrected chi connectivity index (χ1v) is 4.18. The third kappa shape index (κ3) is 8.50. The van der Waals surface area contributed by atoms with E-state index in [1.54, 1.807) is 0 Å². The fourth-order valence-corrected chi connectivity index (χ4v) is 0.949. The van der Waals surface area contributed by atoms with Crippen LogP contribution in [-0.2, 0) is 0 Å². The van der Waals surface area contributed by atoms with Crippen LogP contribution in [0, 0.1) is 0 Å². The van der Waals surface area contributed by atoms with Crippen LogP contribution in [0.25, 0.3) is 0 Å². The summed E-state index contributed by atoms with van der Waals surface area (Å²) in [6.45, 7) is 0.724. The molecule has 0 unspecified atom stereocenters. The molecule has 0 saturated heterocycles. The van der Waals surface area contributed by atoms with Crippen LogP contribution < -0.4 is 11.5 Å². The van der Waals surface area contributed by atoms with E-state index in [1.807, 2.05) is 0 Å². The highest BCUT2D eigenvalue weighted by Gasteiger charge is 2.14. The van der Waals surface area contributed by atoms with Crippen LogP contribution in [0.4, 0.5) is 0 Å². The Morgan fingerprint density at radius 3 is 2.10 bits per heavy atom. The molecule has 0 aromatic heterocycles. The van der Waals surface area contributed by atoms with E-state index in [9.17, 15) is 0 Å². The number of nitrogens with two attached hydrogens (primary N) is 2. The number of rotatable bonds is 5. The summed E-state index contributed by atoms with van der Waals surface area (Å²) in [6, 6.07) is 0. The molecule has 0 aromatic carbocycles. The van der Waals surface area contributed by atoms with E-state index in [4.69, 9.17) is 34.7 Å². The monoisotopic (exact) mass is 184 g/mol. The van der Waals surface area contributed by atoms with Crippen LogP contribution >= 0.6 is 23.2 Å². The fourth-order valence-electron chi connectivity index (χ4n) is 0.682. The summed E-state index contributed by atoms with van der Waals surface area (Å²) in [5.74, 6) is 0. The van der Waals surface area contributed by atoms with Gasteiger partial charge in [0, 0.05) is 0 Å².